The number of fused-ring (bicyclic) bond motifs is 1. The molecule has 4 rings (SSSR count). The zero-order valence-corrected chi connectivity index (χ0v) is 14.3. The summed E-state index contributed by atoms with van der Waals surface area (Å²) in [5.74, 6) is 2.13. The maximum Gasteiger partial charge on any atom is 0.289 e. The summed E-state index contributed by atoms with van der Waals surface area (Å²) in [5.41, 5.74) is 0.663. The molecule has 3 aromatic heterocycles. The largest absolute Gasteiger partial charge is 0.465 e. The van der Waals surface area contributed by atoms with Crippen molar-refractivity contribution in [1.29, 1.82) is 0 Å². The molecule has 0 radical (unpaired) electrons. The van der Waals surface area contributed by atoms with Crippen LogP contribution < -0.4 is 10.2 Å². The summed E-state index contributed by atoms with van der Waals surface area (Å²) in [6, 6.07) is 3.71. The summed E-state index contributed by atoms with van der Waals surface area (Å²) in [6.07, 6.45) is 4.02. The fourth-order valence-electron chi connectivity index (χ4n) is 3.11. The number of amides is 1. The molecule has 1 saturated heterocycles. The second-order valence-electron chi connectivity index (χ2n) is 6.27. The number of carbonyl (C=O) groups excluding carboxylic acids is 1. The summed E-state index contributed by atoms with van der Waals surface area (Å²) in [6.45, 7) is 4.05. The molecule has 0 saturated carbocycles. The van der Waals surface area contributed by atoms with Crippen molar-refractivity contribution in [2.45, 2.75) is 26.3 Å². The summed E-state index contributed by atoms with van der Waals surface area (Å²) in [5, 5.41) is 7.96. The summed E-state index contributed by atoms with van der Waals surface area (Å²) in [7, 11) is 1.82. The molecular formula is C17H20N6O2. The third-order valence-corrected chi connectivity index (χ3v) is 4.40. The molecule has 0 bridgehead atoms. The zero-order chi connectivity index (χ0) is 17.4. The average molecular weight is 340 g/mol. The van der Waals surface area contributed by atoms with Crippen molar-refractivity contribution in [2.75, 3.05) is 18.0 Å². The maximum absolute atomic E-state index is 12.5. The van der Waals surface area contributed by atoms with Crippen LogP contribution in [0.1, 0.15) is 35.0 Å². The predicted octanol–water partition coefficient (Wildman–Crippen LogP) is 1.79. The molecule has 25 heavy (non-hydrogen) atoms. The smallest absolute Gasteiger partial charge is 0.289 e. The molecule has 0 aliphatic carbocycles. The van der Waals surface area contributed by atoms with Crippen molar-refractivity contribution in [1.82, 2.24) is 25.1 Å². The quantitative estimate of drug-likeness (QED) is 0.779. The van der Waals surface area contributed by atoms with Gasteiger partial charge in [0.1, 0.15) is 17.3 Å². The summed E-state index contributed by atoms with van der Waals surface area (Å²) >= 11 is 0. The van der Waals surface area contributed by atoms with Gasteiger partial charge in [0.15, 0.2) is 5.65 Å². The third-order valence-electron chi connectivity index (χ3n) is 4.40. The molecular weight excluding hydrogens is 320 g/mol. The molecule has 1 amide bonds. The van der Waals surface area contributed by atoms with Gasteiger partial charge in [-0.2, -0.15) is 5.10 Å². The lowest BCUT2D eigenvalue weighted by atomic mass is 10.3. The highest BCUT2D eigenvalue weighted by molar-refractivity contribution is 5.95. The van der Waals surface area contributed by atoms with Gasteiger partial charge in [-0.1, -0.05) is 0 Å². The number of anilines is 1. The van der Waals surface area contributed by atoms with E-state index < -0.39 is 0 Å². The topological polar surface area (TPSA) is 89.1 Å². The first-order valence-electron chi connectivity index (χ1n) is 8.40. The Hall–Kier alpha value is -2.90. The molecule has 4 heterocycles. The van der Waals surface area contributed by atoms with Crippen LogP contribution in [-0.2, 0) is 13.6 Å². The Morgan fingerprint density at radius 1 is 1.28 bits per heavy atom. The van der Waals surface area contributed by atoms with Gasteiger partial charge in [-0.3, -0.25) is 9.48 Å². The number of aromatic nitrogens is 4. The Balaban J connectivity index is 1.64. The van der Waals surface area contributed by atoms with Crippen molar-refractivity contribution < 1.29 is 9.21 Å². The van der Waals surface area contributed by atoms with Gasteiger partial charge in [0.2, 0.25) is 5.82 Å². The highest BCUT2D eigenvalue weighted by Gasteiger charge is 2.22. The molecule has 130 valence electrons. The van der Waals surface area contributed by atoms with E-state index in [2.05, 4.69) is 25.3 Å². The van der Waals surface area contributed by atoms with E-state index in [-0.39, 0.29) is 11.7 Å². The van der Waals surface area contributed by atoms with Gasteiger partial charge in [-0.15, -0.1) is 0 Å². The Morgan fingerprint density at radius 2 is 2.08 bits per heavy atom. The number of aryl methyl sites for hydroxylation is 2. The molecule has 1 N–H and O–H groups in total. The molecule has 1 aliphatic heterocycles. The molecule has 3 aromatic rings. The number of rotatable bonds is 4. The maximum atomic E-state index is 12.5. The Kier molecular flexibility index (Phi) is 3.87. The minimum atomic E-state index is -0.322. The van der Waals surface area contributed by atoms with Gasteiger partial charge in [0.25, 0.3) is 5.91 Å². The van der Waals surface area contributed by atoms with Crippen LogP contribution in [0.5, 0.6) is 0 Å². The lowest BCUT2D eigenvalue weighted by Gasteiger charge is -2.17. The number of furan rings is 1. The van der Waals surface area contributed by atoms with E-state index in [4.69, 9.17) is 4.42 Å². The van der Waals surface area contributed by atoms with E-state index in [0.29, 0.717) is 18.0 Å². The van der Waals surface area contributed by atoms with Gasteiger partial charge in [-0.05, 0) is 31.9 Å². The SMILES string of the molecule is Cc1ccc(CNC(=O)c2nc(N3CCCC3)c3cnn(C)c3n2)o1. The van der Waals surface area contributed by atoms with Crippen LogP contribution in [0.2, 0.25) is 0 Å². The lowest BCUT2D eigenvalue weighted by Crippen LogP contribution is -2.27. The number of nitrogens with zero attached hydrogens (tertiary/aromatic N) is 5. The van der Waals surface area contributed by atoms with Gasteiger partial charge < -0.3 is 14.6 Å². The first-order chi connectivity index (χ1) is 12.1. The minimum Gasteiger partial charge on any atom is -0.465 e. The standard InChI is InChI=1S/C17H20N6O2/c1-11-5-6-12(25-11)9-18-17(24)14-20-15-13(10-19-22(15)2)16(21-14)23-7-3-4-8-23/h5-6,10H,3-4,7-9H2,1-2H3,(H,18,24). The van der Waals surface area contributed by atoms with Crippen LogP contribution in [-0.4, -0.2) is 38.7 Å². The van der Waals surface area contributed by atoms with Gasteiger partial charge >= 0.3 is 0 Å². The van der Waals surface area contributed by atoms with Crippen molar-refractivity contribution in [2.24, 2.45) is 7.05 Å². The van der Waals surface area contributed by atoms with Gasteiger partial charge in [0.05, 0.1) is 18.1 Å². The van der Waals surface area contributed by atoms with Crippen LogP contribution in [0.25, 0.3) is 11.0 Å². The summed E-state index contributed by atoms with van der Waals surface area (Å²) in [4.78, 5) is 23.7. The summed E-state index contributed by atoms with van der Waals surface area (Å²) < 4.78 is 7.14. The highest BCUT2D eigenvalue weighted by atomic mass is 16.3. The number of hydrogen-bond donors (Lipinski definition) is 1. The Labute approximate surface area is 144 Å². The number of carbonyl (C=O) groups is 1. The molecule has 1 fully saturated rings. The molecule has 0 spiro atoms. The van der Waals surface area contributed by atoms with E-state index in [1.165, 1.54) is 0 Å². The van der Waals surface area contributed by atoms with Crippen molar-refractivity contribution in [3.8, 4) is 0 Å². The second kappa shape index (κ2) is 6.19. The van der Waals surface area contributed by atoms with E-state index >= 15 is 0 Å². The predicted molar refractivity (Wildman–Crippen MR) is 92.4 cm³/mol. The molecule has 0 atom stereocenters. The fourth-order valence-corrected chi connectivity index (χ4v) is 3.11. The van der Waals surface area contributed by atoms with Crippen LogP contribution in [0, 0.1) is 6.92 Å². The van der Waals surface area contributed by atoms with E-state index in [9.17, 15) is 4.79 Å². The number of nitrogens with one attached hydrogen (secondary N) is 1. The Bertz CT molecular complexity index is 923. The first-order valence-corrected chi connectivity index (χ1v) is 8.40. The van der Waals surface area contributed by atoms with Crippen LogP contribution in [0.15, 0.2) is 22.7 Å². The second-order valence-corrected chi connectivity index (χ2v) is 6.27. The van der Waals surface area contributed by atoms with Gasteiger partial charge in [-0.25, -0.2) is 9.97 Å². The third kappa shape index (κ3) is 2.95. The van der Waals surface area contributed by atoms with Crippen LogP contribution in [0.3, 0.4) is 0 Å². The molecule has 0 unspecified atom stereocenters. The lowest BCUT2D eigenvalue weighted by molar-refractivity contribution is 0.0938. The molecule has 8 heteroatoms. The minimum absolute atomic E-state index is 0.154. The van der Waals surface area contributed by atoms with E-state index in [1.807, 2.05) is 26.1 Å². The van der Waals surface area contributed by atoms with E-state index in [0.717, 1.165) is 42.9 Å². The van der Waals surface area contributed by atoms with Crippen LogP contribution in [0.4, 0.5) is 5.82 Å². The zero-order valence-electron chi connectivity index (χ0n) is 14.3. The van der Waals surface area contributed by atoms with E-state index in [1.54, 1.807) is 10.9 Å². The first kappa shape index (κ1) is 15.6. The van der Waals surface area contributed by atoms with Gasteiger partial charge in [0, 0.05) is 20.1 Å². The van der Waals surface area contributed by atoms with Crippen molar-refractivity contribution in [3.63, 3.8) is 0 Å². The molecule has 8 nitrogen and oxygen atoms in total. The highest BCUT2D eigenvalue weighted by Crippen LogP contribution is 2.26. The number of hydrogen-bond acceptors (Lipinski definition) is 6. The monoisotopic (exact) mass is 340 g/mol. The van der Waals surface area contributed by atoms with Crippen molar-refractivity contribution >= 4 is 22.8 Å². The van der Waals surface area contributed by atoms with Crippen LogP contribution >= 0.6 is 0 Å². The fraction of sp³-hybridized carbons (Fsp3) is 0.412. The normalized spacial score (nSPS) is 14.4. The van der Waals surface area contributed by atoms with Crippen molar-refractivity contribution in [3.05, 3.63) is 35.7 Å². The molecule has 0 aromatic carbocycles. The molecule has 1 aliphatic rings. The Morgan fingerprint density at radius 3 is 2.80 bits per heavy atom. The average Bonchev–Trinajstić information content (AvgIpc) is 3.34.